The minimum Gasteiger partial charge on any atom is -0.0654 e. The summed E-state index contributed by atoms with van der Waals surface area (Å²) in [4.78, 5) is 0. The maximum atomic E-state index is 2.45. The minimum absolute atomic E-state index is 0.888. The molecule has 0 aromatic carbocycles. The molecule has 4 atom stereocenters. The van der Waals surface area contributed by atoms with Crippen molar-refractivity contribution in [2.45, 2.75) is 73.6 Å². The predicted molar refractivity (Wildman–Crippen MR) is 71.1 cm³/mol. The molecule has 0 aromatic rings. The van der Waals surface area contributed by atoms with Gasteiger partial charge >= 0.3 is 0 Å². The maximum Gasteiger partial charge on any atom is -0.0391 e. The van der Waals surface area contributed by atoms with Crippen LogP contribution in [0.5, 0.6) is 0 Å². The van der Waals surface area contributed by atoms with Crippen molar-refractivity contribution in [2.75, 3.05) is 0 Å². The number of rotatable bonds is 8. The van der Waals surface area contributed by atoms with Gasteiger partial charge in [-0.15, -0.1) is 0 Å². The summed E-state index contributed by atoms with van der Waals surface area (Å²) in [5.74, 6) is 3.65. The molecule has 0 radical (unpaired) electrons. The summed E-state index contributed by atoms with van der Waals surface area (Å²) in [6.07, 6.45) is 6.91. The molecule has 0 aliphatic rings. The van der Waals surface area contributed by atoms with Gasteiger partial charge in [-0.1, -0.05) is 67.2 Å². The third kappa shape index (κ3) is 5.58. The fraction of sp³-hybridized carbons (Fsp3) is 1.00. The molecule has 0 aromatic heterocycles. The molecule has 0 heterocycles. The van der Waals surface area contributed by atoms with Crippen molar-refractivity contribution < 1.29 is 0 Å². The molecular weight excluding hydrogens is 180 g/mol. The number of hydrogen-bond donors (Lipinski definition) is 0. The summed E-state index contributed by atoms with van der Waals surface area (Å²) < 4.78 is 0. The molecule has 4 unspecified atom stereocenters. The van der Waals surface area contributed by atoms with Gasteiger partial charge < -0.3 is 0 Å². The zero-order valence-corrected chi connectivity index (χ0v) is 11.8. The first-order valence-corrected chi connectivity index (χ1v) is 7.06. The van der Waals surface area contributed by atoms with Gasteiger partial charge in [0.25, 0.3) is 0 Å². The van der Waals surface area contributed by atoms with Crippen LogP contribution in [0.1, 0.15) is 73.6 Å². The van der Waals surface area contributed by atoms with Gasteiger partial charge in [-0.25, -0.2) is 0 Å². The Morgan fingerprint density at radius 1 is 0.800 bits per heavy atom. The third-order valence-corrected chi connectivity index (χ3v) is 4.42. The van der Waals surface area contributed by atoms with Gasteiger partial charge in [0, 0.05) is 0 Å². The summed E-state index contributed by atoms with van der Waals surface area (Å²) in [5.41, 5.74) is 0. The molecule has 0 amide bonds. The van der Waals surface area contributed by atoms with Crippen molar-refractivity contribution in [3.8, 4) is 0 Å². The van der Waals surface area contributed by atoms with Crippen molar-refractivity contribution in [1.29, 1.82) is 0 Å². The van der Waals surface area contributed by atoms with Crippen LogP contribution >= 0.6 is 0 Å². The van der Waals surface area contributed by atoms with Crippen LogP contribution in [0.25, 0.3) is 0 Å². The summed E-state index contributed by atoms with van der Waals surface area (Å²) in [7, 11) is 0. The Morgan fingerprint density at radius 3 is 1.80 bits per heavy atom. The standard InChI is InChI=1S/C15H32/c1-7-10-15(9-3)11-13(5)14(6)12(4)8-2/h12-15H,7-11H2,1-6H3. The molecule has 0 aliphatic heterocycles. The second-order valence-corrected chi connectivity index (χ2v) is 5.52. The van der Waals surface area contributed by atoms with Crippen LogP contribution in [0, 0.1) is 23.7 Å². The SMILES string of the molecule is CCCC(CC)CC(C)C(C)C(C)CC. The van der Waals surface area contributed by atoms with Crippen LogP contribution in [0.15, 0.2) is 0 Å². The molecule has 0 fully saturated rings. The van der Waals surface area contributed by atoms with Gasteiger partial charge in [0.1, 0.15) is 0 Å². The highest BCUT2D eigenvalue weighted by Crippen LogP contribution is 2.30. The normalized spacial score (nSPS) is 19.6. The largest absolute Gasteiger partial charge is 0.0654 e. The van der Waals surface area contributed by atoms with E-state index in [2.05, 4.69) is 41.5 Å². The van der Waals surface area contributed by atoms with Gasteiger partial charge in [-0.2, -0.15) is 0 Å². The molecular formula is C15H32. The summed E-state index contributed by atoms with van der Waals surface area (Å²) in [6.45, 7) is 14.3. The molecule has 0 nitrogen and oxygen atoms in total. The lowest BCUT2D eigenvalue weighted by atomic mass is 9.78. The van der Waals surface area contributed by atoms with Crippen LogP contribution in [-0.2, 0) is 0 Å². The highest BCUT2D eigenvalue weighted by atomic mass is 14.3. The molecule has 0 aliphatic carbocycles. The van der Waals surface area contributed by atoms with Crippen molar-refractivity contribution >= 4 is 0 Å². The lowest BCUT2D eigenvalue weighted by Crippen LogP contribution is -2.19. The smallest absolute Gasteiger partial charge is 0.0391 e. The average molecular weight is 212 g/mol. The summed E-state index contributed by atoms with van der Waals surface area (Å²) >= 11 is 0. The minimum atomic E-state index is 0.888. The van der Waals surface area contributed by atoms with E-state index in [-0.39, 0.29) is 0 Å². The van der Waals surface area contributed by atoms with Crippen LogP contribution in [-0.4, -0.2) is 0 Å². The Kier molecular flexibility index (Phi) is 8.19. The second-order valence-electron chi connectivity index (χ2n) is 5.52. The highest BCUT2D eigenvalue weighted by Gasteiger charge is 2.20. The van der Waals surface area contributed by atoms with Crippen LogP contribution in [0.2, 0.25) is 0 Å². The number of hydrogen-bond acceptors (Lipinski definition) is 0. The van der Waals surface area contributed by atoms with E-state index < -0.39 is 0 Å². The molecule has 0 bridgehead atoms. The maximum absolute atomic E-state index is 2.45. The van der Waals surface area contributed by atoms with Crippen LogP contribution < -0.4 is 0 Å². The van der Waals surface area contributed by atoms with E-state index in [1.807, 2.05) is 0 Å². The zero-order chi connectivity index (χ0) is 11.8. The van der Waals surface area contributed by atoms with Crippen LogP contribution in [0.3, 0.4) is 0 Å². The van der Waals surface area contributed by atoms with Gasteiger partial charge in [0.15, 0.2) is 0 Å². The monoisotopic (exact) mass is 212 g/mol. The predicted octanol–water partition coefficient (Wildman–Crippen LogP) is 5.52. The molecule has 15 heavy (non-hydrogen) atoms. The summed E-state index contributed by atoms with van der Waals surface area (Å²) in [6, 6.07) is 0. The third-order valence-electron chi connectivity index (χ3n) is 4.42. The van der Waals surface area contributed by atoms with E-state index in [0.29, 0.717) is 0 Å². The lowest BCUT2D eigenvalue weighted by Gasteiger charge is -2.28. The lowest BCUT2D eigenvalue weighted by molar-refractivity contribution is 0.223. The molecule has 92 valence electrons. The van der Waals surface area contributed by atoms with E-state index >= 15 is 0 Å². The fourth-order valence-electron chi connectivity index (χ4n) is 2.57. The molecule has 0 spiro atoms. The van der Waals surface area contributed by atoms with E-state index in [1.165, 1.54) is 32.1 Å². The van der Waals surface area contributed by atoms with Crippen molar-refractivity contribution in [1.82, 2.24) is 0 Å². The molecule has 0 rings (SSSR count). The first kappa shape index (κ1) is 15.0. The molecule has 0 saturated heterocycles. The van der Waals surface area contributed by atoms with Gasteiger partial charge in [-0.3, -0.25) is 0 Å². The highest BCUT2D eigenvalue weighted by molar-refractivity contribution is 4.70. The van der Waals surface area contributed by atoms with E-state index in [1.54, 1.807) is 0 Å². The topological polar surface area (TPSA) is 0 Å². The van der Waals surface area contributed by atoms with E-state index in [4.69, 9.17) is 0 Å². The zero-order valence-electron chi connectivity index (χ0n) is 11.8. The van der Waals surface area contributed by atoms with Crippen molar-refractivity contribution in [3.63, 3.8) is 0 Å². The summed E-state index contributed by atoms with van der Waals surface area (Å²) in [5, 5.41) is 0. The molecule has 0 saturated carbocycles. The molecule has 0 N–H and O–H groups in total. The Hall–Kier alpha value is 0. The fourth-order valence-corrected chi connectivity index (χ4v) is 2.57. The van der Waals surface area contributed by atoms with Gasteiger partial charge in [0.05, 0.1) is 0 Å². The molecule has 0 heteroatoms. The quantitative estimate of drug-likeness (QED) is 0.497. The Bertz CT molecular complexity index is 139. The van der Waals surface area contributed by atoms with E-state index in [0.717, 1.165) is 23.7 Å². The van der Waals surface area contributed by atoms with Crippen molar-refractivity contribution in [2.24, 2.45) is 23.7 Å². The Labute approximate surface area is 97.8 Å². The Balaban J connectivity index is 4.02. The second kappa shape index (κ2) is 8.19. The average Bonchev–Trinajstić information content (AvgIpc) is 2.26. The Morgan fingerprint density at radius 2 is 1.40 bits per heavy atom. The van der Waals surface area contributed by atoms with Crippen molar-refractivity contribution in [3.05, 3.63) is 0 Å². The van der Waals surface area contributed by atoms with Gasteiger partial charge in [-0.05, 0) is 30.1 Å². The van der Waals surface area contributed by atoms with Crippen LogP contribution in [0.4, 0.5) is 0 Å². The first-order valence-electron chi connectivity index (χ1n) is 7.06. The van der Waals surface area contributed by atoms with E-state index in [9.17, 15) is 0 Å². The van der Waals surface area contributed by atoms with Gasteiger partial charge in [0.2, 0.25) is 0 Å². The first-order chi connectivity index (χ1) is 7.06.